The van der Waals surface area contributed by atoms with Crippen LogP contribution in [0.3, 0.4) is 0 Å². The second-order valence-corrected chi connectivity index (χ2v) is 9.30. The first-order valence-electron chi connectivity index (χ1n) is 11.8. The number of carbonyl (C=O) groups excluding carboxylic acids is 1. The van der Waals surface area contributed by atoms with E-state index in [1.54, 1.807) is 7.11 Å². The van der Waals surface area contributed by atoms with Crippen LogP contribution in [0.5, 0.6) is 5.75 Å². The highest BCUT2D eigenvalue weighted by atomic mass is 32.1. The summed E-state index contributed by atoms with van der Waals surface area (Å²) in [4.78, 5) is 20.1. The molecule has 0 fully saturated rings. The number of nitrogens with zero attached hydrogens (tertiary/aromatic N) is 2. The Balaban J connectivity index is 1.54. The number of nitrogens with one attached hydrogen (secondary N) is 1. The Kier molecular flexibility index (Phi) is 7.93. The van der Waals surface area contributed by atoms with Crippen molar-refractivity contribution in [2.75, 3.05) is 25.5 Å². The number of methoxy groups -OCH3 is 1. The topological polar surface area (TPSA) is 54.5 Å². The van der Waals surface area contributed by atoms with Crippen molar-refractivity contribution in [1.82, 2.24) is 9.88 Å². The summed E-state index contributed by atoms with van der Waals surface area (Å²) in [5.41, 5.74) is 4.77. The summed E-state index contributed by atoms with van der Waals surface area (Å²) in [5, 5.41) is 3.54. The Morgan fingerprint density at radius 3 is 2.32 bits per heavy atom. The van der Waals surface area contributed by atoms with Crippen LogP contribution < -0.4 is 10.1 Å². The maximum Gasteiger partial charge on any atom is 0.257 e. The maximum atomic E-state index is 13.0. The van der Waals surface area contributed by atoms with Crippen molar-refractivity contribution in [2.45, 2.75) is 33.2 Å². The zero-order chi connectivity index (χ0) is 23.9. The van der Waals surface area contributed by atoms with Gasteiger partial charge in [-0.1, -0.05) is 67.6 Å². The van der Waals surface area contributed by atoms with Crippen molar-refractivity contribution >= 4 is 32.6 Å². The van der Waals surface area contributed by atoms with Crippen molar-refractivity contribution in [2.24, 2.45) is 0 Å². The number of amides is 1. The van der Waals surface area contributed by atoms with Gasteiger partial charge in [0, 0.05) is 17.7 Å². The van der Waals surface area contributed by atoms with E-state index in [4.69, 9.17) is 4.74 Å². The number of thiazole rings is 1. The molecule has 0 aliphatic rings. The molecule has 5 nitrogen and oxygen atoms in total. The Hall–Kier alpha value is -3.22. The van der Waals surface area contributed by atoms with E-state index in [0.29, 0.717) is 16.4 Å². The molecule has 1 amide bonds. The maximum absolute atomic E-state index is 13.0. The van der Waals surface area contributed by atoms with Gasteiger partial charge in [-0.05, 0) is 61.3 Å². The average molecular weight is 474 g/mol. The average Bonchev–Trinajstić information content (AvgIpc) is 3.28. The Labute approximate surface area is 205 Å². The molecule has 4 rings (SSSR count). The molecule has 0 saturated carbocycles. The molecule has 0 atom stereocenters. The van der Waals surface area contributed by atoms with Gasteiger partial charge in [-0.2, -0.15) is 0 Å². The van der Waals surface area contributed by atoms with Crippen molar-refractivity contribution in [3.63, 3.8) is 0 Å². The number of rotatable bonds is 10. The summed E-state index contributed by atoms with van der Waals surface area (Å²) in [5.74, 6) is 0.532. The third-order valence-electron chi connectivity index (χ3n) is 5.73. The molecule has 34 heavy (non-hydrogen) atoms. The minimum atomic E-state index is -0.162. The molecule has 0 bridgehead atoms. The number of ether oxygens (including phenoxy) is 1. The van der Waals surface area contributed by atoms with Crippen LogP contribution in [0.1, 0.15) is 42.6 Å². The fraction of sp³-hybridized carbons (Fsp3) is 0.286. The molecule has 6 heteroatoms. The predicted octanol–water partition coefficient (Wildman–Crippen LogP) is 6.85. The van der Waals surface area contributed by atoms with Gasteiger partial charge in [0.25, 0.3) is 5.91 Å². The normalized spacial score (nSPS) is 11.2. The van der Waals surface area contributed by atoms with Crippen LogP contribution in [0.15, 0.2) is 66.7 Å². The van der Waals surface area contributed by atoms with E-state index in [1.807, 2.05) is 54.6 Å². The molecule has 3 aromatic carbocycles. The smallest absolute Gasteiger partial charge is 0.257 e. The van der Waals surface area contributed by atoms with Crippen LogP contribution >= 0.6 is 11.3 Å². The van der Waals surface area contributed by atoms with Gasteiger partial charge < -0.3 is 4.74 Å². The minimum Gasteiger partial charge on any atom is -0.494 e. The van der Waals surface area contributed by atoms with E-state index in [1.165, 1.54) is 16.9 Å². The monoisotopic (exact) mass is 473 g/mol. The van der Waals surface area contributed by atoms with Crippen molar-refractivity contribution in [3.8, 4) is 16.9 Å². The molecule has 1 heterocycles. The van der Waals surface area contributed by atoms with Crippen LogP contribution in [0.4, 0.5) is 5.13 Å². The number of hydrogen-bond acceptors (Lipinski definition) is 5. The number of fused-ring (bicyclic) bond motifs is 1. The highest BCUT2D eigenvalue weighted by Crippen LogP contribution is 2.39. The molecule has 1 aromatic heterocycles. The van der Waals surface area contributed by atoms with E-state index in [2.05, 4.69) is 41.2 Å². The van der Waals surface area contributed by atoms with Crippen LogP contribution in [0, 0.1) is 0 Å². The van der Waals surface area contributed by atoms with Crippen LogP contribution in [-0.2, 0) is 6.54 Å². The molecular weight excluding hydrogens is 442 g/mol. The molecule has 0 spiro atoms. The van der Waals surface area contributed by atoms with E-state index in [-0.39, 0.29) is 5.91 Å². The highest BCUT2D eigenvalue weighted by Gasteiger charge is 2.16. The largest absolute Gasteiger partial charge is 0.494 e. The van der Waals surface area contributed by atoms with Gasteiger partial charge in [-0.15, -0.1) is 0 Å². The first-order chi connectivity index (χ1) is 16.6. The number of anilines is 1. The predicted molar refractivity (Wildman–Crippen MR) is 142 cm³/mol. The van der Waals surface area contributed by atoms with E-state index < -0.39 is 0 Å². The molecule has 1 N–H and O–H groups in total. The fourth-order valence-electron chi connectivity index (χ4n) is 4.14. The lowest BCUT2D eigenvalue weighted by Gasteiger charge is -2.21. The van der Waals surface area contributed by atoms with E-state index in [9.17, 15) is 4.79 Å². The summed E-state index contributed by atoms with van der Waals surface area (Å²) in [6, 6.07) is 22.0. The van der Waals surface area contributed by atoms with Gasteiger partial charge >= 0.3 is 0 Å². The zero-order valence-electron chi connectivity index (χ0n) is 20.0. The van der Waals surface area contributed by atoms with Crippen molar-refractivity contribution in [3.05, 3.63) is 77.9 Å². The minimum absolute atomic E-state index is 0.162. The summed E-state index contributed by atoms with van der Waals surface area (Å²) < 4.78 is 6.52. The lowest BCUT2D eigenvalue weighted by Crippen LogP contribution is -2.24. The first-order valence-corrected chi connectivity index (χ1v) is 12.6. The highest BCUT2D eigenvalue weighted by molar-refractivity contribution is 7.23. The number of hydrogen-bond donors (Lipinski definition) is 1. The molecule has 0 saturated heterocycles. The van der Waals surface area contributed by atoms with Gasteiger partial charge in [-0.3, -0.25) is 15.0 Å². The van der Waals surface area contributed by atoms with Gasteiger partial charge in [0.1, 0.15) is 11.3 Å². The zero-order valence-corrected chi connectivity index (χ0v) is 20.8. The molecule has 0 aliphatic carbocycles. The fourth-order valence-corrected chi connectivity index (χ4v) is 5.15. The number of aromatic nitrogens is 1. The molecule has 4 aromatic rings. The standard InChI is InChI=1S/C28H31N3O2S/c1-4-17-31(18-5-2)19-20-11-13-22(14-12-20)27(32)30-28-29-25-24(33-3)16-15-23(26(25)34-28)21-9-7-6-8-10-21/h6-16H,4-5,17-19H2,1-3H3,(H,29,30,32). The number of benzene rings is 3. The summed E-state index contributed by atoms with van der Waals surface area (Å²) >= 11 is 1.46. The molecule has 0 radical (unpaired) electrons. The third kappa shape index (κ3) is 5.46. The van der Waals surface area contributed by atoms with E-state index in [0.717, 1.165) is 53.8 Å². The molecule has 176 valence electrons. The third-order valence-corrected chi connectivity index (χ3v) is 6.74. The van der Waals surface area contributed by atoms with Crippen LogP contribution in [0.25, 0.3) is 21.3 Å². The van der Waals surface area contributed by atoms with E-state index >= 15 is 0 Å². The summed E-state index contributed by atoms with van der Waals surface area (Å²) in [6.45, 7) is 7.49. The molecular formula is C28H31N3O2S. The Bertz CT molecular complexity index is 1230. The van der Waals surface area contributed by atoms with Crippen molar-refractivity contribution < 1.29 is 9.53 Å². The summed E-state index contributed by atoms with van der Waals surface area (Å²) in [6.07, 6.45) is 2.28. The quantitative estimate of drug-likeness (QED) is 0.274. The van der Waals surface area contributed by atoms with Gasteiger partial charge in [0.15, 0.2) is 5.13 Å². The molecule has 0 unspecified atom stereocenters. The second-order valence-electron chi connectivity index (χ2n) is 8.31. The van der Waals surface area contributed by atoms with Gasteiger partial charge in [0.2, 0.25) is 0 Å². The second kappa shape index (κ2) is 11.3. The lowest BCUT2D eigenvalue weighted by atomic mass is 10.1. The van der Waals surface area contributed by atoms with Crippen LogP contribution in [-0.4, -0.2) is 36.0 Å². The SMILES string of the molecule is CCCN(CCC)Cc1ccc(C(=O)Nc2nc3c(OC)ccc(-c4ccccc4)c3s2)cc1. The first kappa shape index (κ1) is 23.9. The molecule has 0 aliphatic heterocycles. The number of carbonyl (C=O) groups is 1. The van der Waals surface area contributed by atoms with Crippen molar-refractivity contribution in [1.29, 1.82) is 0 Å². The lowest BCUT2D eigenvalue weighted by molar-refractivity contribution is 0.102. The Morgan fingerprint density at radius 1 is 0.971 bits per heavy atom. The van der Waals surface area contributed by atoms with Crippen LogP contribution in [0.2, 0.25) is 0 Å². The van der Waals surface area contributed by atoms with Gasteiger partial charge in [0.05, 0.1) is 11.8 Å². The van der Waals surface area contributed by atoms with Gasteiger partial charge in [-0.25, -0.2) is 4.98 Å². The Morgan fingerprint density at radius 2 is 1.68 bits per heavy atom. The summed E-state index contributed by atoms with van der Waals surface area (Å²) in [7, 11) is 1.64.